The zero-order valence-electron chi connectivity index (χ0n) is 12.9. The zero-order chi connectivity index (χ0) is 14.9. The van der Waals surface area contributed by atoms with Crippen molar-refractivity contribution in [2.75, 3.05) is 6.61 Å². The molecule has 3 heteroatoms. The Kier molecular flexibility index (Phi) is 6.22. The molecule has 0 radical (unpaired) electrons. The molecule has 2 rings (SSSR count). The molecule has 0 atom stereocenters. The van der Waals surface area contributed by atoms with Gasteiger partial charge < -0.3 is 10.1 Å². The first-order valence-corrected chi connectivity index (χ1v) is 7.59. The van der Waals surface area contributed by atoms with Crippen LogP contribution in [0.1, 0.15) is 31.5 Å². The van der Waals surface area contributed by atoms with Crippen molar-refractivity contribution in [2.24, 2.45) is 0 Å². The lowest BCUT2D eigenvalue weighted by atomic mass is 10.1. The molecule has 21 heavy (non-hydrogen) atoms. The molecule has 3 nitrogen and oxygen atoms in total. The van der Waals surface area contributed by atoms with Crippen LogP contribution in [0.25, 0.3) is 0 Å². The van der Waals surface area contributed by atoms with Gasteiger partial charge in [-0.2, -0.15) is 0 Å². The van der Waals surface area contributed by atoms with Gasteiger partial charge in [0.1, 0.15) is 5.75 Å². The number of hydrogen-bond donors (Lipinski definition) is 1. The molecule has 0 saturated heterocycles. The van der Waals surface area contributed by atoms with E-state index in [0.29, 0.717) is 6.04 Å². The fraction of sp³-hybridized carbons (Fsp3) is 0.389. The lowest BCUT2D eigenvalue weighted by Gasteiger charge is -2.10. The zero-order valence-corrected chi connectivity index (χ0v) is 12.9. The van der Waals surface area contributed by atoms with Crippen molar-refractivity contribution in [3.63, 3.8) is 0 Å². The van der Waals surface area contributed by atoms with E-state index in [4.69, 9.17) is 4.74 Å². The second kappa shape index (κ2) is 8.42. The molecule has 0 unspecified atom stereocenters. The van der Waals surface area contributed by atoms with E-state index in [1.165, 1.54) is 5.56 Å². The Bertz CT molecular complexity index is 526. The molecule has 112 valence electrons. The number of ether oxygens (including phenoxy) is 1. The van der Waals surface area contributed by atoms with E-state index in [-0.39, 0.29) is 0 Å². The standard InChI is InChI=1S/C18H24N2O/c1-15(2)20-14-17-13-18(10-11-19-17)21-12-6-9-16-7-4-3-5-8-16/h3-5,7-8,10-11,13,15,20H,6,9,12,14H2,1-2H3. The van der Waals surface area contributed by atoms with Gasteiger partial charge >= 0.3 is 0 Å². The van der Waals surface area contributed by atoms with Gasteiger partial charge in [0, 0.05) is 24.8 Å². The van der Waals surface area contributed by atoms with Crippen molar-refractivity contribution in [1.82, 2.24) is 10.3 Å². The molecule has 0 fully saturated rings. The number of nitrogens with one attached hydrogen (secondary N) is 1. The largest absolute Gasteiger partial charge is 0.493 e. The number of benzene rings is 1. The normalized spacial score (nSPS) is 10.8. The quantitative estimate of drug-likeness (QED) is 0.752. The molecule has 1 aromatic heterocycles. The van der Waals surface area contributed by atoms with Crippen molar-refractivity contribution in [3.05, 3.63) is 59.9 Å². The number of hydrogen-bond acceptors (Lipinski definition) is 3. The van der Waals surface area contributed by atoms with Crippen LogP contribution in [0.15, 0.2) is 48.7 Å². The molecule has 1 heterocycles. The van der Waals surface area contributed by atoms with Crippen molar-refractivity contribution in [1.29, 1.82) is 0 Å². The number of aryl methyl sites for hydroxylation is 1. The highest BCUT2D eigenvalue weighted by molar-refractivity contribution is 5.22. The van der Waals surface area contributed by atoms with Crippen molar-refractivity contribution >= 4 is 0 Å². The molecule has 0 bridgehead atoms. The van der Waals surface area contributed by atoms with Gasteiger partial charge in [0.15, 0.2) is 0 Å². The van der Waals surface area contributed by atoms with Gasteiger partial charge in [-0.25, -0.2) is 0 Å². The topological polar surface area (TPSA) is 34.1 Å². The van der Waals surface area contributed by atoms with E-state index in [1.54, 1.807) is 0 Å². The van der Waals surface area contributed by atoms with Crippen LogP contribution in [0.5, 0.6) is 5.75 Å². The van der Waals surface area contributed by atoms with E-state index >= 15 is 0 Å². The highest BCUT2D eigenvalue weighted by Crippen LogP contribution is 2.12. The predicted octanol–water partition coefficient (Wildman–Crippen LogP) is 3.59. The molecule has 0 aliphatic heterocycles. The Morgan fingerprint density at radius 2 is 1.95 bits per heavy atom. The van der Waals surface area contributed by atoms with Crippen molar-refractivity contribution in [3.8, 4) is 5.75 Å². The fourth-order valence-corrected chi connectivity index (χ4v) is 2.06. The van der Waals surface area contributed by atoms with Crippen LogP contribution < -0.4 is 10.1 Å². The third-order valence-electron chi connectivity index (χ3n) is 3.20. The summed E-state index contributed by atoms with van der Waals surface area (Å²) in [6, 6.07) is 14.9. The van der Waals surface area contributed by atoms with Crippen LogP contribution in [-0.4, -0.2) is 17.6 Å². The first-order valence-electron chi connectivity index (χ1n) is 7.59. The van der Waals surface area contributed by atoms with Crippen LogP contribution in [0.2, 0.25) is 0 Å². The summed E-state index contributed by atoms with van der Waals surface area (Å²) in [5.41, 5.74) is 2.38. The smallest absolute Gasteiger partial charge is 0.122 e. The summed E-state index contributed by atoms with van der Waals surface area (Å²) in [4.78, 5) is 4.34. The van der Waals surface area contributed by atoms with Crippen molar-refractivity contribution in [2.45, 2.75) is 39.3 Å². The minimum atomic E-state index is 0.460. The predicted molar refractivity (Wildman–Crippen MR) is 86.5 cm³/mol. The lowest BCUT2D eigenvalue weighted by Crippen LogP contribution is -2.22. The van der Waals surface area contributed by atoms with Crippen LogP contribution in [-0.2, 0) is 13.0 Å². The second-order valence-corrected chi connectivity index (χ2v) is 5.46. The van der Waals surface area contributed by atoms with Gasteiger partial charge in [-0.05, 0) is 24.5 Å². The molecule has 0 spiro atoms. The summed E-state index contributed by atoms with van der Waals surface area (Å²) in [5, 5.41) is 3.36. The van der Waals surface area contributed by atoms with E-state index in [1.807, 2.05) is 24.4 Å². The monoisotopic (exact) mass is 284 g/mol. The maximum absolute atomic E-state index is 5.81. The van der Waals surface area contributed by atoms with E-state index < -0.39 is 0 Å². The number of rotatable bonds is 8. The maximum atomic E-state index is 5.81. The Morgan fingerprint density at radius 1 is 1.14 bits per heavy atom. The highest BCUT2D eigenvalue weighted by atomic mass is 16.5. The molecule has 0 amide bonds. The first kappa shape index (κ1) is 15.5. The molecule has 1 N–H and O–H groups in total. The van der Waals surface area contributed by atoms with Crippen LogP contribution >= 0.6 is 0 Å². The van der Waals surface area contributed by atoms with E-state index in [0.717, 1.165) is 37.4 Å². The summed E-state index contributed by atoms with van der Waals surface area (Å²) in [5.74, 6) is 0.901. The molecule has 2 aromatic rings. The molecule has 0 aliphatic rings. The molecule has 1 aromatic carbocycles. The summed E-state index contributed by atoms with van der Waals surface area (Å²) in [6.07, 6.45) is 3.88. The molecule has 0 aliphatic carbocycles. The van der Waals surface area contributed by atoms with Gasteiger partial charge in [-0.1, -0.05) is 44.2 Å². The van der Waals surface area contributed by atoms with Crippen LogP contribution in [0.4, 0.5) is 0 Å². The van der Waals surface area contributed by atoms with Gasteiger partial charge in [-0.15, -0.1) is 0 Å². The molecule has 0 saturated carbocycles. The lowest BCUT2D eigenvalue weighted by molar-refractivity contribution is 0.310. The SMILES string of the molecule is CC(C)NCc1cc(OCCCc2ccccc2)ccn1. The average Bonchev–Trinajstić information content (AvgIpc) is 2.51. The molecular weight excluding hydrogens is 260 g/mol. The average molecular weight is 284 g/mol. The third kappa shape index (κ3) is 5.96. The fourth-order valence-electron chi connectivity index (χ4n) is 2.06. The Hall–Kier alpha value is -1.87. The second-order valence-electron chi connectivity index (χ2n) is 5.46. The van der Waals surface area contributed by atoms with Crippen LogP contribution in [0, 0.1) is 0 Å². The van der Waals surface area contributed by atoms with Crippen molar-refractivity contribution < 1.29 is 4.74 Å². The Balaban J connectivity index is 1.74. The van der Waals surface area contributed by atoms with Gasteiger partial charge in [-0.3, -0.25) is 4.98 Å². The van der Waals surface area contributed by atoms with Crippen LogP contribution in [0.3, 0.4) is 0 Å². The summed E-state index contributed by atoms with van der Waals surface area (Å²) < 4.78 is 5.81. The van der Waals surface area contributed by atoms with Gasteiger partial charge in [0.05, 0.1) is 12.3 Å². The third-order valence-corrected chi connectivity index (χ3v) is 3.20. The van der Waals surface area contributed by atoms with Gasteiger partial charge in [0.25, 0.3) is 0 Å². The van der Waals surface area contributed by atoms with E-state index in [9.17, 15) is 0 Å². The summed E-state index contributed by atoms with van der Waals surface area (Å²) in [6.45, 7) is 5.77. The molecular formula is C18H24N2O. The minimum absolute atomic E-state index is 0.460. The number of aromatic nitrogens is 1. The first-order chi connectivity index (χ1) is 10.2. The van der Waals surface area contributed by atoms with Gasteiger partial charge in [0.2, 0.25) is 0 Å². The Labute approximate surface area is 127 Å². The highest BCUT2D eigenvalue weighted by Gasteiger charge is 2.00. The summed E-state index contributed by atoms with van der Waals surface area (Å²) >= 11 is 0. The summed E-state index contributed by atoms with van der Waals surface area (Å²) in [7, 11) is 0. The maximum Gasteiger partial charge on any atom is 0.122 e. The van der Waals surface area contributed by atoms with E-state index in [2.05, 4.69) is 48.4 Å². The number of pyridine rings is 1. The number of nitrogens with zero attached hydrogens (tertiary/aromatic N) is 1. The Morgan fingerprint density at radius 3 is 2.71 bits per heavy atom. The minimum Gasteiger partial charge on any atom is -0.493 e.